The topological polar surface area (TPSA) is 69.3 Å². The maximum absolute atomic E-state index is 13.3. The lowest BCUT2D eigenvalue weighted by molar-refractivity contribution is -0.0492. The molecule has 158 valence electrons. The maximum Gasteiger partial charge on any atom is 0.511 e. The van der Waals surface area contributed by atoms with Crippen LogP contribution in [-0.4, -0.2) is 40.8 Å². The average molecular weight is 449 g/mol. The van der Waals surface area contributed by atoms with Crippen LogP contribution in [0.5, 0.6) is 0 Å². The molecule has 1 atom stereocenters. The van der Waals surface area contributed by atoms with Crippen molar-refractivity contribution in [2.75, 3.05) is 11.4 Å². The summed E-state index contributed by atoms with van der Waals surface area (Å²) in [6, 6.07) is 4.35. The molecule has 0 aliphatic carbocycles. The van der Waals surface area contributed by atoms with Crippen molar-refractivity contribution >= 4 is 27.3 Å². The van der Waals surface area contributed by atoms with Crippen molar-refractivity contribution < 1.29 is 21.6 Å². The van der Waals surface area contributed by atoms with E-state index in [1.54, 1.807) is 24.4 Å². The van der Waals surface area contributed by atoms with Crippen molar-refractivity contribution in [1.82, 2.24) is 14.3 Å². The van der Waals surface area contributed by atoms with Gasteiger partial charge in [-0.05, 0) is 36.6 Å². The highest BCUT2D eigenvalue weighted by molar-refractivity contribution is 7.89. The van der Waals surface area contributed by atoms with Crippen LogP contribution < -0.4 is 4.90 Å². The van der Waals surface area contributed by atoms with Gasteiger partial charge < -0.3 is 9.88 Å². The molecule has 0 amide bonds. The van der Waals surface area contributed by atoms with Crippen LogP contribution in [0.4, 0.5) is 18.9 Å². The number of nitrogens with one attached hydrogen (secondary N) is 1. The summed E-state index contributed by atoms with van der Waals surface area (Å²) in [6.07, 6.45) is 5.74. The lowest BCUT2D eigenvalue weighted by Crippen LogP contribution is -2.46. The van der Waals surface area contributed by atoms with E-state index in [1.807, 2.05) is 4.90 Å². The highest BCUT2D eigenvalue weighted by Gasteiger charge is 2.51. The van der Waals surface area contributed by atoms with Crippen LogP contribution in [0.25, 0.3) is 0 Å². The first-order valence-corrected chi connectivity index (χ1v) is 10.6. The molecule has 0 bridgehead atoms. The number of aromatic nitrogens is 2. The predicted molar refractivity (Wildman–Crippen MR) is 105 cm³/mol. The molecular weight excluding hydrogens is 429 g/mol. The number of rotatable bonds is 6. The van der Waals surface area contributed by atoms with Crippen LogP contribution >= 0.6 is 11.6 Å². The van der Waals surface area contributed by atoms with Crippen molar-refractivity contribution in [3.05, 3.63) is 59.7 Å². The van der Waals surface area contributed by atoms with E-state index < -0.39 is 28.1 Å². The molecule has 0 fully saturated rings. The first kappa shape index (κ1) is 21.7. The quantitative estimate of drug-likeness (QED) is 0.676. The highest BCUT2D eigenvalue weighted by Crippen LogP contribution is 2.36. The summed E-state index contributed by atoms with van der Waals surface area (Å²) in [7, 11) is -5.50. The molecule has 1 aliphatic heterocycles. The van der Waals surface area contributed by atoms with E-state index >= 15 is 0 Å². The second-order valence-corrected chi connectivity index (χ2v) is 9.11. The van der Waals surface area contributed by atoms with Gasteiger partial charge in [-0.1, -0.05) is 17.7 Å². The zero-order valence-corrected chi connectivity index (χ0v) is 16.9. The van der Waals surface area contributed by atoms with Crippen LogP contribution in [0, 0.1) is 0 Å². The summed E-state index contributed by atoms with van der Waals surface area (Å²) in [5.74, 6) is 0. The second-order valence-electron chi connectivity index (χ2n) is 6.74. The molecule has 0 spiro atoms. The third-order valence-corrected chi connectivity index (χ3v) is 6.56. The standard InChI is InChI=1S/C18H20ClF3N4O2S/c1-2-3-4-16-11-25(29(27,28)18(20,21)22)9-13-7-14(19)5-6-17(13)26(16)10-15-8-23-12-24-15/h2,5-8,12,16H,1,3-4,9-11H2,(H,23,24). The zero-order valence-electron chi connectivity index (χ0n) is 15.4. The molecule has 2 aromatic rings. The molecule has 1 unspecified atom stereocenters. The van der Waals surface area contributed by atoms with Crippen molar-refractivity contribution in [3.63, 3.8) is 0 Å². The second kappa shape index (κ2) is 8.37. The largest absolute Gasteiger partial charge is 0.511 e. The number of H-pyrrole nitrogens is 1. The van der Waals surface area contributed by atoms with Gasteiger partial charge in [0.05, 0.1) is 18.6 Å². The molecule has 6 nitrogen and oxygen atoms in total. The van der Waals surface area contributed by atoms with Gasteiger partial charge in [0.15, 0.2) is 0 Å². The van der Waals surface area contributed by atoms with Gasteiger partial charge in [-0.15, -0.1) is 6.58 Å². The lowest BCUT2D eigenvalue weighted by Gasteiger charge is -2.34. The summed E-state index contributed by atoms with van der Waals surface area (Å²) in [5.41, 5.74) is -3.58. The van der Waals surface area contributed by atoms with Crippen molar-refractivity contribution in [2.24, 2.45) is 0 Å². The Hall–Kier alpha value is -2.04. The summed E-state index contributed by atoms with van der Waals surface area (Å²) >= 11 is 6.05. The number of halogens is 4. The fourth-order valence-electron chi connectivity index (χ4n) is 3.40. The number of hydrogen-bond donors (Lipinski definition) is 1. The SMILES string of the molecule is C=CCCC1CN(S(=O)(=O)C(F)(F)F)Cc2cc(Cl)ccc2N1Cc1cnc[nH]1. The Bertz CT molecular complexity index is 964. The smallest absolute Gasteiger partial charge is 0.361 e. The molecule has 1 aromatic heterocycles. The van der Waals surface area contributed by atoms with Gasteiger partial charge in [-0.2, -0.15) is 17.5 Å². The van der Waals surface area contributed by atoms with E-state index in [0.717, 1.165) is 5.69 Å². The summed E-state index contributed by atoms with van der Waals surface area (Å²) in [6.45, 7) is 3.27. The number of benzene rings is 1. The number of sulfonamides is 1. The number of anilines is 1. The number of fused-ring (bicyclic) bond motifs is 1. The molecule has 3 rings (SSSR count). The van der Waals surface area contributed by atoms with Gasteiger partial charge in [0.2, 0.25) is 0 Å². The predicted octanol–water partition coefficient (Wildman–Crippen LogP) is 4.07. The van der Waals surface area contributed by atoms with Crippen LogP contribution in [0.15, 0.2) is 43.4 Å². The molecule has 0 saturated carbocycles. The van der Waals surface area contributed by atoms with Gasteiger partial charge in [-0.25, -0.2) is 13.4 Å². The van der Waals surface area contributed by atoms with E-state index in [4.69, 9.17) is 11.6 Å². The summed E-state index contributed by atoms with van der Waals surface area (Å²) < 4.78 is 64.8. The van der Waals surface area contributed by atoms with Crippen LogP contribution in [0.1, 0.15) is 24.1 Å². The van der Waals surface area contributed by atoms with Crippen molar-refractivity contribution in [1.29, 1.82) is 0 Å². The van der Waals surface area contributed by atoms with E-state index in [-0.39, 0.29) is 6.54 Å². The van der Waals surface area contributed by atoms with Crippen molar-refractivity contribution in [3.8, 4) is 0 Å². The Labute approximate surface area is 172 Å². The number of aromatic amines is 1. The molecule has 1 aliphatic rings. The number of hydrogen-bond acceptors (Lipinski definition) is 4. The average Bonchev–Trinajstić information content (AvgIpc) is 3.09. The molecule has 1 aromatic carbocycles. The van der Waals surface area contributed by atoms with Gasteiger partial charge in [0, 0.05) is 36.0 Å². The molecule has 1 N–H and O–H groups in total. The minimum absolute atomic E-state index is 0.309. The summed E-state index contributed by atoms with van der Waals surface area (Å²) in [4.78, 5) is 8.86. The van der Waals surface area contributed by atoms with Crippen LogP contribution in [0.3, 0.4) is 0 Å². The lowest BCUT2D eigenvalue weighted by atomic mass is 10.1. The summed E-state index contributed by atoms with van der Waals surface area (Å²) in [5, 5.41) is 0.319. The highest BCUT2D eigenvalue weighted by atomic mass is 35.5. The van der Waals surface area contributed by atoms with Gasteiger partial charge in [0.25, 0.3) is 0 Å². The van der Waals surface area contributed by atoms with E-state index in [0.29, 0.717) is 40.0 Å². The molecule has 2 heterocycles. The van der Waals surface area contributed by atoms with Crippen LogP contribution in [-0.2, 0) is 23.1 Å². The minimum atomic E-state index is -5.50. The first-order valence-electron chi connectivity index (χ1n) is 8.83. The van der Waals surface area contributed by atoms with Gasteiger partial charge in [0.1, 0.15) is 0 Å². The van der Waals surface area contributed by atoms with Gasteiger partial charge in [-0.3, -0.25) is 0 Å². The number of allylic oxidation sites excluding steroid dienone is 1. The van der Waals surface area contributed by atoms with E-state index in [2.05, 4.69) is 16.5 Å². The number of nitrogens with zero attached hydrogens (tertiary/aromatic N) is 3. The Morgan fingerprint density at radius 1 is 1.38 bits per heavy atom. The maximum atomic E-state index is 13.3. The third kappa shape index (κ3) is 4.59. The Morgan fingerprint density at radius 3 is 2.76 bits per heavy atom. The molecule has 29 heavy (non-hydrogen) atoms. The third-order valence-electron chi connectivity index (χ3n) is 4.78. The van der Waals surface area contributed by atoms with Crippen molar-refractivity contribution in [2.45, 2.75) is 37.5 Å². The molecule has 0 radical (unpaired) electrons. The monoisotopic (exact) mass is 448 g/mol. The molecule has 11 heteroatoms. The zero-order chi connectivity index (χ0) is 21.2. The van der Waals surface area contributed by atoms with Crippen LogP contribution in [0.2, 0.25) is 5.02 Å². The molecule has 0 saturated heterocycles. The van der Waals surface area contributed by atoms with E-state index in [1.165, 1.54) is 12.4 Å². The van der Waals surface area contributed by atoms with Gasteiger partial charge >= 0.3 is 15.5 Å². The number of alkyl halides is 3. The normalized spacial score (nSPS) is 18.3. The Morgan fingerprint density at radius 2 is 2.14 bits per heavy atom. The van der Waals surface area contributed by atoms with E-state index in [9.17, 15) is 21.6 Å². The molecular formula is C18H20ClF3N4O2S. The fourth-order valence-corrected chi connectivity index (χ4v) is 4.57. The Balaban J connectivity index is 2.09. The Kier molecular flexibility index (Phi) is 6.25. The fraction of sp³-hybridized carbons (Fsp3) is 0.389. The first-order chi connectivity index (χ1) is 13.6. The minimum Gasteiger partial charge on any atom is -0.361 e. The number of imidazole rings is 1.